The molecule has 92 valence electrons. The Balaban J connectivity index is 2.21. The van der Waals surface area contributed by atoms with E-state index < -0.39 is 5.97 Å². The van der Waals surface area contributed by atoms with Gasteiger partial charge >= 0.3 is 5.97 Å². The van der Waals surface area contributed by atoms with E-state index in [1.807, 2.05) is 0 Å². The third kappa shape index (κ3) is 2.64. The van der Waals surface area contributed by atoms with Crippen molar-refractivity contribution >= 4 is 5.97 Å². The van der Waals surface area contributed by atoms with E-state index in [1.54, 1.807) is 12.1 Å². The number of carbonyl (C=O) groups is 1. The zero-order valence-corrected chi connectivity index (χ0v) is 9.83. The molecular weight excluding hydrogens is 221 g/mol. The number of methoxy groups -OCH3 is 1. The monoisotopic (exact) mass is 237 g/mol. The van der Waals surface area contributed by atoms with Crippen molar-refractivity contribution in [3.8, 4) is 0 Å². The van der Waals surface area contributed by atoms with Crippen molar-refractivity contribution in [1.29, 1.82) is 0 Å². The van der Waals surface area contributed by atoms with Crippen LogP contribution >= 0.6 is 0 Å². The van der Waals surface area contributed by atoms with Gasteiger partial charge in [0.05, 0.1) is 12.7 Å². The van der Waals surface area contributed by atoms with Gasteiger partial charge < -0.3 is 10.1 Å². The quantitative estimate of drug-likeness (QED) is 0.800. The summed E-state index contributed by atoms with van der Waals surface area (Å²) in [6, 6.07) is 4.60. The molecule has 0 radical (unpaired) electrons. The van der Waals surface area contributed by atoms with E-state index in [0.717, 1.165) is 25.9 Å². The summed E-state index contributed by atoms with van der Waals surface area (Å²) in [5.74, 6) is -0.552. The number of halogens is 1. The van der Waals surface area contributed by atoms with Crippen LogP contribution < -0.4 is 5.32 Å². The molecule has 4 heteroatoms. The minimum Gasteiger partial charge on any atom is -0.465 e. The minimum atomic E-state index is -0.499. The molecule has 1 aliphatic rings. The van der Waals surface area contributed by atoms with E-state index in [1.165, 1.54) is 13.2 Å². The van der Waals surface area contributed by atoms with Crippen LogP contribution in [0.25, 0.3) is 0 Å². The Labute approximate surface area is 100.0 Å². The molecule has 1 aromatic rings. The number of carbonyl (C=O) groups excluding carboxylic acids is 1. The van der Waals surface area contributed by atoms with Crippen molar-refractivity contribution in [3.63, 3.8) is 0 Å². The fourth-order valence-electron chi connectivity index (χ4n) is 2.24. The first-order valence-electron chi connectivity index (χ1n) is 5.81. The highest BCUT2D eigenvalue weighted by molar-refractivity contribution is 5.89. The van der Waals surface area contributed by atoms with Gasteiger partial charge in [0.1, 0.15) is 5.82 Å². The topological polar surface area (TPSA) is 38.3 Å². The van der Waals surface area contributed by atoms with Crippen molar-refractivity contribution in [3.05, 3.63) is 35.1 Å². The van der Waals surface area contributed by atoms with E-state index in [9.17, 15) is 9.18 Å². The largest absolute Gasteiger partial charge is 0.465 e. The van der Waals surface area contributed by atoms with Crippen LogP contribution in [0.15, 0.2) is 18.2 Å². The lowest BCUT2D eigenvalue weighted by atomic mass is 9.89. The van der Waals surface area contributed by atoms with Gasteiger partial charge in [0.2, 0.25) is 0 Å². The molecule has 1 aliphatic heterocycles. The molecular formula is C13H16FNO2. The van der Waals surface area contributed by atoms with E-state index >= 15 is 0 Å². The molecule has 0 atom stereocenters. The zero-order chi connectivity index (χ0) is 12.3. The summed E-state index contributed by atoms with van der Waals surface area (Å²) < 4.78 is 18.5. The molecule has 1 saturated heterocycles. The summed E-state index contributed by atoms with van der Waals surface area (Å²) in [4.78, 5) is 11.3. The van der Waals surface area contributed by atoms with Crippen LogP contribution in [-0.4, -0.2) is 26.2 Å². The van der Waals surface area contributed by atoms with Crippen LogP contribution in [0.3, 0.4) is 0 Å². The van der Waals surface area contributed by atoms with Gasteiger partial charge in [-0.15, -0.1) is 0 Å². The van der Waals surface area contributed by atoms with Gasteiger partial charge in [-0.25, -0.2) is 9.18 Å². The highest BCUT2D eigenvalue weighted by atomic mass is 19.1. The van der Waals surface area contributed by atoms with Crippen LogP contribution in [0.4, 0.5) is 4.39 Å². The number of nitrogens with one attached hydrogen (secondary N) is 1. The molecule has 0 bridgehead atoms. The van der Waals surface area contributed by atoms with Gasteiger partial charge in [-0.3, -0.25) is 0 Å². The van der Waals surface area contributed by atoms with Crippen molar-refractivity contribution in [2.45, 2.75) is 18.8 Å². The number of hydrogen-bond donors (Lipinski definition) is 1. The first-order valence-corrected chi connectivity index (χ1v) is 5.81. The minimum absolute atomic E-state index is 0.253. The number of rotatable bonds is 2. The van der Waals surface area contributed by atoms with E-state index in [4.69, 9.17) is 0 Å². The lowest BCUT2D eigenvalue weighted by Crippen LogP contribution is -2.27. The molecule has 0 spiro atoms. The summed E-state index contributed by atoms with van der Waals surface area (Å²) in [6.07, 6.45) is 1.88. The predicted octanol–water partition coefficient (Wildman–Crippen LogP) is 2.08. The SMILES string of the molecule is COC(=O)c1ccc(C2CCNCC2)c(F)c1. The van der Waals surface area contributed by atoms with E-state index in [-0.39, 0.29) is 17.3 Å². The summed E-state index contributed by atoms with van der Waals surface area (Å²) >= 11 is 0. The van der Waals surface area contributed by atoms with Crippen molar-refractivity contribution in [1.82, 2.24) is 5.32 Å². The Kier molecular flexibility index (Phi) is 3.74. The Morgan fingerprint density at radius 1 is 1.41 bits per heavy atom. The molecule has 0 unspecified atom stereocenters. The number of esters is 1. The molecule has 0 aliphatic carbocycles. The number of hydrogen-bond acceptors (Lipinski definition) is 3. The first kappa shape index (κ1) is 12.0. The average molecular weight is 237 g/mol. The molecule has 1 aromatic carbocycles. The molecule has 17 heavy (non-hydrogen) atoms. The van der Waals surface area contributed by atoms with Crippen molar-refractivity contribution in [2.75, 3.05) is 20.2 Å². The molecule has 3 nitrogen and oxygen atoms in total. The molecule has 0 aromatic heterocycles. The van der Waals surface area contributed by atoms with Gasteiger partial charge in [-0.05, 0) is 49.5 Å². The normalized spacial score (nSPS) is 16.8. The van der Waals surface area contributed by atoms with E-state index in [2.05, 4.69) is 10.1 Å². The molecule has 1 heterocycles. The Morgan fingerprint density at radius 2 is 2.12 bits per heavy atom. The Morgan fingerprint density at radius 3 is 2.71 bits per heavy atom. The average Bonchev–Trinajstić information content (AvgIpc) is 2.38. The Hall–Kier alpha value is -1.42. The van der Waals surface area contributed by atoms with Gasteiger partial charge in [0.15, 0.2) is 0 Å². The van der Waals surface area contributed by atoms with E-state index in [0.29, 0.717) is 5.56 Å². The van der Waals surface area contributed by atoms with Gasteiger partial charge in [0.25, 0.3) is 0 Å². The highest BCUT2D eigenvalue weighted by Gasteiger charge is 2.19. The van der Waals surface area contributed by atoms with Gasteiger partial charge in [0, 0.05) is 0 Å². The third-order valence-corrected chi connectivity index (χ3v) is 3.20. The summed E-state index contributed by atoms with van der Waals surface area (Å²) in [5, 5.41) is 3.25. The maximum Gasteiger partial charge on any atom is 0.337 e. The lowest BCUT2D eigenvalue weighted by molar-refractivity contribution is 0.0600. The zero-order valence-electron chi connectivity index (χ0n) is 9.83. The predicted molar refractivity (Wildman–Crippen MR) is 62.6 cm³/mol. The van der Waals surface area contributed by atoms with Gasteiger partial charge in [-0.1, -0.05) is 6.07 Å². The number of benzene rings is 1. The van der Waals surface area contributed by atoms with Crippen LogP contribution in [0.2, 0.25) is 0 Å². The second-order valence-corrected chi connectivity index (χ2v) is 4.25. The smallest absolute Gasteiger partial charge is 0.337 e. The lowest BCUT2D eigenvalue weighted by Gasteiger charge is -2.23. The summed E-state index contributed by atoms with van der Waals surface area (Å²) in [5.41, 5.74) is 0.974. The fourth-order valence-corrected chi connectivity index (χ4v) is 2.24. The summed E-state index contributed by atoms with van der Waals surface area (Å²) in [7, 11) is 1.29. The van der Waals surface area contributed by atoms with Crippen LogP contribution in [0, 0.1) is 5.82 Å². The second-order valence-electron chi connectivity index (χ2n) is 4.25. The number of ether oxygens (including phenoxy) is 1. The van der Waals surface area contributed by atoms with Crippen LogP contribution in [0.1, 0.15) is 34.7 Å². The highest BCUT2D eigenvalue weighted by Crippen LogP contribution is 2.27. The maximum atomic E-state index is 13.9. The van der Waals surface area contributed by atoms with Crippen LogP contribution in [-0.2, 0) is 4.74 Å². The molecule has 0 saturated carbocycles. The molecule has 1 N–H and O–H groups in total. The van der Waals surface area contributed by atoms with Crippen molar-refractivity contribution in [2.24, 2.45) is 0 Å². The molecule has 0 amide bonds. The fraction of sp³-hybridized carbons (Fsp3) is 0.462. The van der Waals surface area contributed by atoms with Crippen molar-refractivity contribution < 1.29 is 13.9 Å². The third-order valence-electron chi connectivity index (χ3n) is 3.20. The number of piperidine rings is 1. The summed E-state index contributed by atoms with van der Waals surface area (Å²) in [6.45, 7) is 1.84. The first-order chi connectivity index (χ1) is 8.22. The van der Waals surface area contributed by atoms with Gasteiger partial charge in [-0.2, -0.15) is 0 Å². The second kappa shape index (κ2) is 5.27. The Bertz CT molecular complexity index is 414. The standard InChI is InChI=1S/C13H16FNO2/c1-17-13(16)10-2-3-11(12(14)8-10)9-4-6-15-7-5-9/h2-3,8-9,15H,4-7H2,1H3. The van der Waals surface area contributed by atoms with Crippen LogP contribution in [0.5, 0.6) is 0 Å². The molecule has 1 fully saturated rings. The molecule has 2 rings (SSSR count). The maximum absolute atomic E-state index is 13.9.